The Morgan fingerprint density at radius 1 is 1.22 bits per heavy atom. The lowest BCUT2D eigenvalue weighted by Crippen LogP contribution is -2.19. The summed E-state index contributed by atoms with van der Waals surface area (Å²) < 4.78 is 33.9. The van der Waals surface area contributed by atoms with E-state index >= 15 is 0 Å². The first-order valence-corrected chi connectivity index (χ1v) is 6.94. The second kappa shape index (κ2) is 5.37. The van der Waals surface area contributed by atoms with Gasteiger partial charge in [0.2, 0.25) is 0 Å². The van der Waals surface area contributed by atoms with E-state index in [1.165, 1.54) is 18.4 Å². The summed E-state index contributed by atoms with van der Waals surface area (Å²) in [5, 5.41) is 0. The number of ether oxygens (including phenoxy) is 1. The molecule has 0 aliphatic carbocycles. The van der Waals surface area contributed by atoms with Gasteiger partial charge in [0.1, 0.15) is 12.7 Å². The van der Waals surface area contributed by atoms with Crippen LogP contribution in [0.15, 0.2) is 53.7 Å². The highest BCUT2D eigenvalue weighted by atomic mass is 32.2. The number of hydrogen-bond acceptors (Lipinski definition) is 4. The monoisotopic (exact) mass is 266 g/mol. The second-order valence-electron chi connectivity index (χ2n) is 3.94. The Bertz CT molecular complexity index is 555. The van der Waals surface area contributed by atoms with Crippen molar-refractivity contribution in [1.82, 2.24) is 0 Å². The molecular weight excluding hydrogens is 252 g/mol. The van der Waals surface area contributed by atoms with Crippen molar-refractivity contribution >= 4 is 10.1 Å². The fourth-order valence-corrected chi connectivity index (χ4v) is 2.37. The van der Waals surface area contributed by atoms with Crippen molar-refractivity contribution < 1.29 is 17.3 Å². The van der Waals surface area contributed by atoms with Crippen LogP contribution in [0.4, 0.5) is 0 Å². The van der Waals surface area contributed by atoms with E-state index in [1.54, 1.807) is 30.4 Å². The molecule has 1 aromatic rings. The lowest BCUT2D eigenvalue weighted by molar-refractivity contribution is 0.124. The highest BCUT2D eigenvalue weighted by Crippen LogP contribution is 2.14. The van der Waals surface area contributed by atoms with Crippen LogP contribution in [0.2, 0.25) is 0 Å². The third kappa shape index (κ3) is 3.21. The summed E-state index contributed by atoms with van der Waals surface area (Å²) in [4.78, 5) is 0.156. The molecule has 0 saturated heterocycles. The molecule has 5 heteroatoms. The number of benzene rings is 1. The molecule has 0 radical (unpaired) electrons. The van der Waals surface area contributed by atoms with E-state index in [4.69, 9.17) is 8.92 Å². The number of rotatable bonds is 4. The zero-order valence-electron chi connectivity index (χ0n) is 9.94. The van der Waals surface area contributed by atoms with E-state index in [-0.39, 0.29) is 17.6 Å². The van der Waals surface area contributed by atoms with E-state index in [0.717, 1.165) is 5.56 Å². The van der Waals surface area contributed by atoms with Crippen LogP contribution in [-0.2, 0) is 19.0 Å². The first-order chi connectivity index (χ1) is 8.58. The minimum atomic E-state index is -3.71. The summed E-state index contributed by atoms with van der Waals surface area (Å²) in [6.45, 7) is 1.86. The van der Waals surface area contributed by atoms with E-state index in [2.05, 4.69) is 0 Å². The molecule has 1 aliphatic heterocycles. The van der Waals surface area contributed by atoms with Gasteiger partial charge in [-0.2, -0.15) is 8.42 Å². The van der Waals surface area contributed by atoms with Crippen LogP contribution in [0, 0.1) is 6.92 Å². The van der Waals surface area contributed by atoms with Gasteiger partial charge in [0, 0.05) is 0 Å². The van der Waals surface area contributed by atoms with Crippen LogP contribution in [0.3, 0.4) is 0 Å². The predicted octanol–water partition coefficient (Wildman–Crippen LogP) is 2.17. The van der Waals surface area contributed by atoms with Crippen LogP contribution in [0.1, 0.15) is 5.56 Å². The molecule has 0 fully saturated rings. The van der Waals surface area contributed by atoms with E-state index in [1.807, 2.05) is 6.92 Å². The molecule has 2 rings (SSSR count). The molecule has 1 heterocycles. The first-order valence-electron chi connectivity index (χ1n) is 5.53. The Morgan fingerprint density at radius 3 is 2.56 bits per heavy atom. The fraction of sp³-hybridized carbons (Fsp3) is 0.231. The van der Waals surface area contributed by atoms with Crippen molar-refractivity contribution in [3.8, 4) is 0 Å². The third-order valence-corrected chi connectivity index (χ3v) is 3.76. The smallest absolute Gasteiger partial charge is 0.297 e. The first kappa shape index (κ1) is 12.9. The standard InChI is InChI=1S/C13H14O4S/c1-11-5-7-13(8-6-11)18(14,15)17-10-12-4-2-3-9-16-12/h2-9,12H,10H2,1H3. The van der Waals surface area contributed by atoms with Gasteiger partial charge < -0.3 is 4.74 Å². The molecule has 1 aliphatic rings. The molecule has 96 valence electrons. The average molecular weight is 266 g/mol. The molecule has 0 saturated carbocycles. The maximum atomic E-state index is 11.9. The van der Waals surface area contributed by atoms with Crippen molar-refractivity contribution in [1.29, 1.82) is 0 Å². The summed E-state index contributed by atoms with van der Waals surface area (Å²) in [6, 6.07) is 6.52. The van der Waals surface area contributed by atoms with Crippen LogP contribution in [0.25, 0.3) is 0 Å². The van der Waals surface area contributed by atoms with Crippen molar-refractivity contribution in [2.45, 2.75) is 17.9 Å². The largest absolute Gasteiger partial charge is 0.491 e. The van der Waals surface area contributed by atoms with Gasteiger partial charge >= 0.3 is 0 Å². The minimum Gasteiger partial charge on any atom is -0.491 e. The van der Waals surface area contributed by atoms with Crippen LogP contribution in [-0.4, -0.2) is 21.1 Å². The summed E-state index contributed by atoms with van der Waals surface area (Å²) in [5.74, 6) is 0. The van der Waals surface area contributed by atoms with Crippen LogP contribution >= 0.6 is 0 Å². The van der Waals surface area contributed by atoms with E-state index in [9.17, 15) is 8.42 Å². The number of aryl methyl sites for hydroxylation is 1. The van der Waals surface area contributed by atoms with Gasteiger partial charge in [-0.25, -0.2) is 0 Å². The van der Waals surface area contributed by atoms with Gasteiger partial charge in [-0.05, 0) is 31.2 Å². The van der Waals surface area contributed by atoms with Gasteiger partial charge in [0.15, 0.2) is 0 Å². The molecule has 1 aromatic carbocycles. The highest BCUT2D eigenvalue weighted by Gasteiger charge is 2.17. The van der Waals surface area contributed by atoms with Crippen LogP contribution in [0.5, 0.6) is 0 Å². The highest BCUT2D eigenvalue weighted by molar-refractivity contribution is 7.86. The molecule has 0 bridgehead atoms. The molecular formula is C13H14O4S. The molecule has 4 nitrogen and oxygen atoms in total. The topological polar surface area (TPSA) is 52.6 Å². The molecule has 0 N–H and O–H groups in total. The number of hydrogen-bond donors (Lipinski definition) is 0. The Balaban J connectivity index is 2.01. The maximum Gasteiger partial charge on any atom is 0.297 e. The maximum absolute atomic E-state index is 11.9. The molecule has 1 atom stereocenters. The third-order valence-electron chi connectivity index (χ3n) is 2.47. The SMILES string of the molecule is Cc1ccc(S(=O)(=O)OCC2C=CC=CO2)cc1. The lowest BCUT2D eigenvalue weighted by Gasteiger charge is -2.14. The Labute approximate surface area is 107 Å². The van der Waals surface area contributed by atoms with E-state index in [0.29, 0.717) is 0 Å². The zero-order chi connectivity index (χ0) is 13.0. The van der Waals surface area contributed by atoms with E-state index < -0.39 is 10.1 Å². The second-order valence-corrected chi connectivity index (χ2v) is 5.56. The fourth-order valence-electron chi connectivity index (χ4n) is 1.45. The lowest BCUT2D eigenvalue weighted by atomic mass is 10.2. The van der Waals surface area contributed by atoms with Gasteiger partial charge in [-0.3, -0.25) is 4.18 Å². The van der Waals surface area contributed by atoms with Gasteiger partial charge in [0.05, 0.1) is 11.2 Å². The van der Waals surface area contributed by atoms with Gasteiger partial charge in [0.25, 0.3) is 10.1 Å². The normalized spacial score (nSPS) is 18.6. The molecule has 0 aromatic heterocycles. The average Bonchev–Trinajstić information content (AvgIpc) is 2.38. The Hall–Kier alpha value is -1.59. The van der Waals surface area contributed by atoms with Crippen molar-refractivity contribution in [2.24, 2.45) is 0 Å². The molecule has 0 amide bonds. The molecule has 1 unspecified atom stereocenters. The molecule has 18 heavy (non-hydrogen) atoms. The quantitative estimate of drug-likeness (QED) is 0.784. The number of allylic oxidation sites excluding steroid dienone is 2. The van der Waals surface area contributed by atoms with Crippen molar-refractivity contribution in [2.75, 3.05) is 6.61 Å². The summed E-state index contributed by atoms with van der Waals surface area (Å²) in [6.07, 6.45) is 6.40. The van der Waals surface area contributed by atoms with Gasteiger partial charge in [-0.1, -0.05) is 23.8 Å². The van der Waals surface area contributed by atoms with Gasteiger partial charge in [-0.15, -0.1) is 0 Å². The molecule has 0 spiro atoms. The Kier molecular flexibility index (Phi) is 3.84. The zero-order valence-corrected chi connectivity index (χ0v) is 10.8. The minimum absolute atomic E-state index is 0.0307. The van der Waals surface area contributed by atoms with Crippen molar-refractivity contribution in [3.05, 3.63) is 54.3 Å². The van der Waals surface area contributed by atoms with Crippen molar-refractivity contribution in [3.63, 3.8) is 0 Å². The summed E-state index contributed by atoms with van der Waals surface area (Å²) in [5.41, 5.74) is 0.998. The summed E-state index contributed by atoms with van der Waals surface area (Å²) >= 11 is 0. The summed E-state index contributed by atoms with van der Waals surface area (Å²) in [7, 11) is -3.71. The van der Waals surface area contributed by atoms with Crippen LogP contribution < -0.4 is 0 Å². The predicted molar refractivity (Wildman–Crippen MR) is 67.5 cm³/mol. The Morgan fingerprint density at radius 2 is 1.94 bits per heavy atom.